The summed E-state index contributed by atoms with van der Waals surface area (Å²) in [5.41, 5.74) is 1.34. The van der Waals surface area contributed by atoms with E-state index in [2.05, 4.69) is 10.3 Å². The molecule has 1 amide bonds. The summed E-state index contributed by atoms with van der Waals surface area (Å²) in [4.78, 5) is 17.5. The molecule has 4 rings (SSSR count). The molecule has 1 aromatic heterocycles. The second kappa shape index (κ2) is 9.09. The number of aromatic hydroxyl groups is 1. The SMILES string of the molecule is COc1ccc(N=c2oc3cc(O)ccc3cc2C(=O)NC[C@@H]2CCCO2)cc1OC. The van der Waals surface area contributed by atoms with Gasteiger partial charge in [0.25, 0.3) is 5.91 Å². The molecule has 0 unspecified atom stereocenters. The van der Waals surface area contributed by atoms with E-state index in [0.29, 0.717) is 34.7 Å². The zero-order chi connectivity index (χ0) is 21.8. The maximum atomic E-state index is 13.0. The van der Waals surface area contributed by atoms with E-state index in [-0.39, 0.29) is 28.9 Å². The third-order valence-electron chi connectivity index (χ3n) is 5.09. The number of benzene rings is 2. The molecule has 1 atom stereocenters. The Morgan fingerprint density at radius 1 is 1.16 bits per heavy atom. The van der Waals surface area contributed by atoms with Crippen molar-refractivity contribution in [1.29, 1.82) is 0 Å². The van der Waals surface area contributed by atoms with Crippen molar-refractivity contribution in [2.75, 3.05) is 27.4 Å². The maximum absolute atomic E-state index is 13.0. The summed E-state index contributed by atoms with van der Waals surface area (Å²) in [5.74, 6) is 0.820. The van der Waals surface area contributed by atoms with E-state index < -0.39 is 0 Å². The van der Waals surface area contributed by atoms with E-state index >= 15 is 0 Å². The van der Waals surface area contributed by atoms with Crippen LogP contribution in [0.15, 0.2) is 51.9 Å². The molecule has 2 N–H and O–H groups in total. The van der Waals surface area contributed by atoms with Crippen molar-refractivity contribution in [1.82, 2.24) is 5.32 Å². The lowest BCUT2D eigenvalue weighted by atomic mass is 10.1. The first-order chi connectivity index (χ1) is 15.1. The molecule has 162 valence electrons. The molecule has 0 spiro atoms. The van der Waals surface area contributed by atoms with Gasteiger partial charge in [-0.15, -0.1) is 0 Å². The molecule has 1 fully saturated rings. The number of carbonyl (C=O) groups is 1. The van der Waals surface area contributed by atoms with E-state index in [4.69, 9.17) is 18.6 Å². The maximum Gasteiger partial charge on any atom is 0.256 e. The summed E-state index contributed by atoms with van der Waals surface area (Å²) in [7, 11) is 3.09. The number of fused-ring (bicyclic) bond motifs is 1. The van der Waals surface area contributed by atoms with Gasteiger partial charge in [-0.05, 0) is 43.2 Å². The summed E-state index contributed by atoms with van der Waals surface area (Å²) in [6.45, 7) is 1.14. The van der Waals surface area contributed by atoms with Gasteiger partial charge in [-0.3, -0.25) is 4.79 Å². The molecule has 31 heavy (non-hydrogen) atoms. The molecule has 0 bridgehead atoms. The van der Waals surface area contributed by atoms with Crippen LogP contribution in [0.1, 0.15) is 23.2 Å². The monoisotopic (exact) mass is 424 g/mol. The second-order valence-electron chi connectivity index (χ2n) is 7.18. The number of ether oxygens (including phenoxy) is 3. The van der Waals surface area contributed by atoms with Crippen LogP contribution in [0.4, 0.5) is 5.69 Å². The fourth-order valence-electron chi connectivity index (χ4n) is 3.47. The van der Waals surface area contributed by atoms with Gasteiger partial charge in [0.05, 0.1) is 26.0 Å². The van der Waals surface area contributed by atoms with Crippen LogP contribution < -0.4 is 20.3 Å². The topological polar surface area (TPSA) is 103 Å². The van der Waals surface area contributed by atoms with Crippen LogP contribution >= 0.6 is 0 Å². The van der Waals surface area contributed by atoms with Gasteiger partial charge in [0.15, 0.2) is 11.5 Å². The second-order valence-corrected chi connectivity index (χ2v) is 7.18. The normalized spacial score (nSPS) is 16.5. The minimum atomic E-state index is -0.312. The highest BCUT2D eigenvalue weighted by Gasteiger charge is 2.19. The summed E-state index contributed by atoms with van der Waals surface area (Å²) >= 11 is 0. The van der Waals surface area contributed by atoms with Crippen molar-refractivity contribution >= 4 is 22.6 Å². The van der Waals surface area contributed by atoms with E-state index in [1.807, 2.05) is 0 Å². The zero-order valence-corrected chi connectivity index (χ0v) is 17.4. The van der Waals surface area contributed by atoms with Gasteiger partial charge in [-0.2, -0.15) is 0 Å². The molecule has 2 aromatic carbocycles. The fourth-order valence-corrected chi connectivity index (χ4v) is 3.47. The number of rotatable bonds is 6. The molecule has 0 radical (unpaired) electrons. The van der Waals surface area contributed by atoms with Crippen LogP contribution in [-0.2, 0) is 4.74 Å². The summed E-state index contributed by atoms with van der Waals surface area (Å²) in [5, 5.41) is 13.4. The molecule has 0 aliphatic carbocycles. The Morgan fingerprint density at radius 2 is 2.00 bits per heavy atom. The number of amides is 1. The number of nitrogens with zero attached hydrogens (tertiary/aromatic N) is 1. The van der Waals surface area contributed by atoms with Crippen molar-refractivity contribution in [2.24, 2.45) is 4.99 Å². The standard InChI is InChI=1S/C23H24N2O6/c1-28-19-8-6-15(11-21(19)29-2)25-23-18(22(27)24-13-17-4-3-9-30-17)10-14-5-7-16(26)12-20(14)31-23/h5-8,10-12,17,26H,3-4,9,13H2,1-2H3,(H,24,27)/t17-/m0/s1. The van der Waals surface area contributed by atoms with E-state index in [1.165, 1.54) is 19.2 Å². The largest absolute Gasteiger partial charge is 0.508 e. The Balaban J connectivity index is 1.76. The average molecular weight is 424 g/mol. The molecule has 8 nitrogen and oxygen atoms in total. The third kappa shape index (κ3) is 4.64. The molecule has 3 aromatic rings. The predicted octanol–water partition coefficient (Wildman–Crippen LogP) is 3.30. The number of hydrogen-bond acceptors (Lipinski definition) is 7. The van der Waals surface area contributed by atoms with Crippen molar-refractivity contribution in [3.63, 3.8) is 0 Å². The molecule has 1 aliphatic heterocycles. The van der Waals surface area contributed by atoms with Crippen molar-refractivity contribution in [3.05, 3.63) is 53.6 Å². The minimum Gasteiger partial charge on any atom is -0.508 e. The lowest BCUT2D eigenvalue weighted by Crippen LogP contribution is -2.34. The van der Waals surface area contributed by atoms with Gasteiger partial charge in [0.1, 0.15) is 16.9 Å². The Hall–Kier alpha value is -3.52. The van der Waals surface area contributed by atoms with Crippen LogP contribution in [0.25, 0.3) is 11.0 Å². The molecule has 2 heterocycles. The summed E-state index contributed by atoms with van der Waals surface area (Å²) in [6.07, 6.45) is 1.93. The molecule has 1 saturated heterocycles. The number of phenols is 1. The number of methoxy groups -OCH3 is 2. The predicted molar refractivity (Wildman–Crippen MR) is 114 cm³/mol. The Kier molecular flexibility index (Phi) is 6.08. The summed E-state index contributed by atoms with van der Waals surface area (Å²) < 4.78 is 22.1. The molecular weight excluding hydrogens is 400 g/mol. The quantitative estimate of drug-likeness (QED) is 0.630. The lowest BCUT2D eigenvalue weighted by molar-refractivity contribution is 0.0854. The minimum absolute atomic E-state index is 0.0181. The van der Waals surface area contributed by atoms with Gasteiger partial charge >= 0.3 is 0 Å². The van der Waals surface area contributed by atoms with Gasteiger partial charge in [0, 0.05) is 30.7 Å². The van der Waals surface area contributed by atoms with Gasteiger partial charge in [-0.1, -0.05) is 0 Å². The fraction of sp³-hybridized carbons (Fsp3) is 0.304. The van der Waals surface area contributed by atoms with Crippen LogP contribution in [0, 0.1) is 0 Å². The molecular formula is C23H24N2O6. The van der Waals surface area contributed by atoms with Crippen LogP contribution in [0.2, 0.25) is 0 Å². The van der Waals surface area contributed by atoms with Crippen LogP contribution in [0.5, 0.6) is 17.2 Å². The van der Waals surface area contributed by atoms with Gasteiger partial charge in [-0.25, -0.2) is 4.99 Å². The summed E-state index contributed by atoms with van der Waals surface area (Å²) in [6, 6.07) is 11.6. The van der Waals surface area contributed by atoms with Crippen molar-refractivity contribution < 1.29 is 28.5 Å². The first-order valence-electron chi connectivity index (χ1n) is 10.0. The average Bonchev–Trinajstić information content (AvgIpc) is 3.30. The zero-order valence-electron chi connectivity index (χ0n) is 17.4. The van der Waals surface area contributed by atoms with Gasteiger partial charge < -0.3 is 29.1 Å². The molecule has 0 saturated carbocycles. The van der Waals surface area contributed by atoms with Crippen molar-refractivity contribution in [3.8, 4) is 17.2 Å². The number of nitrogens with one attached hydrogen (secondary N) is 1. The van der Waals surface area contributed by atoms with Gasteiger partial charge in [0.2, 0.25) is 5.55 Å². The Labute approximate surface area is 179 Å². The van der Waals surface area contributed by atoms with Crippen LogP contribution in [0.3, 0.4) is 0 Å². The lowest BCUT2D eigenvalue weighted by Gasteiger charge is -2.11. The molecule has 8 heteroatoms. The Morgan fingerprint density at radius 3 is 2.74 bits per heavy atom. The highest BCUT2D eigenvalue weighted by Crippen LogP contribution is 2.31. The molecule has 1 aliphatic rings. The smallest absolute Gasteiger partial charge is 0.256 e. The highest BCUT2D eigenvalue weighted by molar-refractivity contribution is 5.96. The van der Waals surface area contributed by atoms with E-state index in [0.717, 1.165) is 19.4 Å². The van der Waals surface area contributed by atoms with E-state index in [9.17, 15) is 9.90 Å². The Bertz CT molecular complexity index is 1160. The number of carbonyl (C=O) groups excluding carboxylic acids is 1. The van der Waals surface area contributed by atoms with Crippen LogP contribution in [-0.4, -0.2) is 44.5 Å². The van der Waals surface area contributed by atoms with E-state index in [1.54, 1.807) is 37.4 Å². The third-order valence-corrected chi connectivity index (χ3v) is 5.09. The first kappa shape index (κ1) is 20.7. The van der Waals surface area contributed by atoms with Crippen molar-refractivity contribution in [2.45, 2.75) is 18.9 Å². The number of phenolic OH excluding ortho intramolecular Hbond substituents is 1. The first-order valence-corrected chi connectivity index (χ1v) is 10.0. The highest BCUT2D eigenvalue weighted by atomic mass is 16.5. The number of hydrogen-bond donors (Lipinski definition) is 2.